The second-order valence-electron chi connectivity index (χ2n) is 4.58. The molecule has 2 heterocycles. The molecule has 5 heteroatoms. The van der Waals surface area contributed by atoms with Crippen LogP contribution in [0.25, 0.3) is 5.69 Å². The molecule has 0 fully saturated rings. The molecule has 0 bridgehead atoms. The van der Waals surface area contributed by atoms with Gasteiger partial charge in [-0.3, -0.25) is 4.79 Å². The molecule has 0 spiro atoms. The molecule has 3 rings (SSSR count). The van der Waals surface area contributed by atoms with Crippen molar-refractivity contribution in [3.8, 4) is 5.69 Å². The first-order chi connectivity index (χ1) is 9.11. The van der Waals surface area contributed by atoms with Gasteiger partial charge < -0.3 is 9.47 Å². The van der Waals surface area contributed by atoms with Crippen LogP contribution in [-0.2, 0) is 13.0 Å². The standard InChI is InChI=1S/C14H13FN3O/c1-3-11-13-7-17(2)14(19)10-6-9(15)4-5-12(10)18(13)8-16-11/h4-6,8H,1,3,7H2,2H3. The highest BCUT2D eigenvalue weighted by Gasteiger charge is 2.25. The minimum absolute atomic E-state index is 0.187. The van der Waals surface area contributed by atoms with Crippen molar-refractivity contribution in [3.05, 3.63) is 54.2 Å². The Morgan fingerprint density at radius 2 is 2.26 bits per heavy atom. The summed E-state index contributed by atoms with van der Waals surface area (Å²) in [6, 6.07) is 4.23. The van der Waals surface area contributed by atoms with Crippen LogP contribution in [0.3, 0.4) is 0 Å². The lowest BCUT2D eigenvalue weighted by Crippen LogP contribution is -2.25. The summed E-state index contributed by atoms with van der Waals surface area (Å²) in [5, 5.41) is 0. The molecule has 4 nitrogen and oxygen atoms in total. The molecule has 97 valence electrons. The number of benzene rings is 1. The highest BCUT2D eigenvalue weighted by atomic mass is 19.1. The van der Waals surface area contributed by atoms with Crippen LogP contribution in [0.2, 0.25) is 0 Å². The topological polar surface area (TPSA) is 38.1 Å². The molecule has 0 unspecified atom stereocenters. The number of aromatic nitrogens is 2. The number of fused-ring (bicyclic) bond motifs is 3. The van der Waals surface area contributed by atoms with E-state index in [1.54, 1.807) is 24.3 Å². The number of imidazole rings is 1. The second-order valence-corrected chi connectivity index (χ2v) is 4.58. The van der Waals surface area contributed by atoms with Crippen molar-refractivity contribution in [1.82, 2.24) is 14.5 Å². The Morgan fingerprint density at radius 3 is 3.00 bits per heavy atom. The molecule has 1 aliphatic rings. The first kappa shape index (κ1) is 11.9. The maximum atomic E-state index is 13.4. The monoisotopic (exact) mass is 258 g/mol. The van der Waals surface area contributed by atoms with E-state index in [1.165, 1.54) is 12.1 Å². The van der Waals surface area contributed by atoms with Crippen molar-refractivity contribution in [2.24, 2.45) is 0 Å². The summed E-state index contributed by atoms with van der Waals surface area (Å²) in [5.74, 6) is -0.602. The first-order valence-corrected chi connectivity index (χ1v) is 6.01. The SMILES string of the molecule is [CH2]Cc1ncn2c1CN(C)C(=O)c1cc(F)ccc1-2. The Balaban J connectivity index is 2.30. The number of carbonyl (C=O) groups excluding carboxylic acids is 1. The van der Waals surface area contributed by atoms with Gasteiger partial charge in [0.1, 0.15) is 5.82 Å². The summed E-state index contributed by atoms with van der Waals surface area (Å²) >= 11 is 0. The van der Waals surface area contributed by atoms with E-state index in [4.69, 9.17) is 0 Å². The molecule has 0 aliphatic carbocycles. The smallest absolute Gasteiger partial charge is 0.256 e. The average molecular weight is 258 g/mol. The molecular weight excluding hydrogens is 245 g/mol. The first-order valence-electron chi connectivity index (χ1n) is 6.01. The molecule has 1 aromatic carbocycles. The van der Waals surface area contributed by atoms with Crippen molar-refractivity contribution in [2.45, 2.75) is 13.0 Å². The average Bonchev–Trinajstić information content (AvgIpc) is 2.76. The van der Waals surface area contributed by atoms with E-state index in [9.17, 15) is 9.18 Å². The fraction of sp³-hybridized carbons (Fsp3) is 0.214. The molecule has 0 saturated heterocycles. The summed E-state index contributed by atoms with van der Waals surface area (Å²) < 4.78 is 15.2. The van der Waals surface area contributed by atoms with E-state index < -0.39 is 5.82 Å². The van der Waals surface area contributed by atoms with Gasteiger partial charge in [0.15, 0.2) is 0 Å². The van der Waals surface area contributed by atoms with Crippen LogP contribution in [0.1, 0.15) is 21.7 Å². The van der Waals surface area contributed by atoms with Crippen LogP contribution < -0.4 is 0 Å². The minimum atomic E-state index is -0.415. The van der Waals surface area contributed by atoms with Crippen LogP contribution in [0.15, 0.2) is 24.5 Å². The van der Waals surface area contributed by atoms with Crippen LogP contribution in [0.5, 0.6) is 0 Å². The number of rotatable bonds is 1. The molecular formula is C14H13FN3O. The predicted octanol–water partition coefficient (Wildman–Crippen LogP) is 1.97. The van der Waals surface area contributed by atoms with Crippen molar-refractivity contribution in [1.29, 1.82) is 0 Å². The van der Waals surface area contributed by atoms with Gasteiger partial charge in [-0.2, -0.15) is 0 Å². The van der Waals surface area contributed by atoms with Gasteiger partial charge in [-0.25, -0.2) is 9.37 Å². The summed E-state index contributed by atoms with van der Waals surface area (Å²) in [6.07, 6.45) is 2.22. The normalized spacial score (nSPS) is 14.1. The number of carbonyl (C=O) groups is 1. The van der Waals surface area contributed by atoms with Gasteiger partial charge in [0.05, 0.1) is 35.5 Å². The maximum absolute atomic E-state index is 13.4. The van der Waals surface area contributed by atoms with Crippen molar-refractivity contribution in [3.63, 3.8) is 0 Å². The van der Waals surface area contributed by atoms with Crippen molar-refractivity contribution >= 4 is 5.91 Å². The van der Waals surface area contributed by atoms with E-state index in [-0.39, 0.29) is 5.91 Å². The van der Waals surface area contributed by atoms with Gasteiger partial charge in [0.2, 0.25) is 0 Å². The number of halogens is 1. The Morgan fingerprint density at radius 1 is 1.47 bits per heavy atom. The molecule has 2 aromatic rings. The zero-order valence-corrected chi connectivity index (χ0v) is 10.6. The lowest BCUT2D eigenvalue weighted by atomic mass is 10.1. The third kappa shape index (κ3) is 1.73. The Labute approximate surface area is 110 Å². The van der Waals surface area contributed by atoms with E-state index in [2.05, 4.69) is 11.9 Å². The third-order valence-electron chi connectivity index (χ3n) is 3.37. The highest BCUT2D eigenvalue weighted by molar-refractivity contribution is 5.98. The van der Waals surface area contributed by atoms with Gasteiger partial charge >= 0.3 is 0 Å². The number of amides is 1. The molecule has 1 radical (unpaired) electrons. The number of nitrogens with zero attached hydrogens (tertiary/aromatic N) is 3. The Hall–Kier alpha value is -2.17. The van der Waals surface area contributed by atoms with E-state index in [1.807, 2.05) is 4.57 Å². The lowest BCUT2D eigenvalue weighted by Gasteiger charge is -2.14. The van der Waals surface area contributed by atoms with Crippen LogP contribution in [0, 0.1) is 12.7 Å². The number of hydrogen-bond acceptors (Lipinski definition) is 2. The fourth-order valence-corrected chi connectivity index (χ4v) is 2.39. The van der Waals surface area contributed by atoms with Crippen LogP contribution in [-0.4, -0.2) is 27.4 Å². The molecule has 1 amide bonds. The minimum Gasteiger partial charge on any atom is -0.336 e. The summed E-state index contributed by atoms with van der Waals surface area (Å²) in [4.78, 5) is 18.1. The maximum Gasteiger partial charge on any atom is 0.256 e. The van der Waals surface area contributed by atoms with Gasteiger partial charge in [-0.05, 0) is 31.5 Å². The van der Waals surface area contributed by atoms with Crippen LogP contribution in [0.4, 0.5) is 4.39 Å². The lowest BCUT2D eigenvalue weighted by molar-refractivity contribution is 0.0787. The van der Waals surface area contributed by atoms with Crippen molar-refractivity contribution in [2.75, 3.05) is 7.05 Å². The fourth-order valence-electron chi connectivity index (χ4n) is 2.39. The highest BCUT2D eigenvalue weighted by Crippen LogP contribution is 2.26. The zero-order valence-electron chi connectivity index (χ0n) is 10.6. The molecule has 1 aromatic heterocycles. The molecule has 0 atom stereocenters. The molecule has 19 heavy (non-hydrogen) atoms. The van der Waals surface area contributed by atoms with Crippen molar-refractivity contribution < 1.29 is 9.18 Å². The summed E-state index contributed by atoms with van der Waals surface area (Å²) in [6.45, 7) is 4.29. The molecule has 1 aliphatic heterocycles. The Kier molecular flexibility index (Phi) is 2.62. The summed E-state index contributed by atoms with van der Waals surface area (Å²) in [7, 11) is 1.70. The third-order valence-corrected chi connectivity index (χ3v) is 3.37. The van der Waals surface area contributed by atoms with Gasteiger partial charge in [-0.1, -0.05) is 0 Å². The molecule has 0 N–H and O–H groups in total. The van der Waals surface area contributed by atoms with Crippen LogP contribution >= 0.6 is 0 Å². The number of hydrogen-bond donors (Lipinski definition) is 0. The predicted molar refractivity (Wildman–Crippen MR) is 68.4 cm³/mol. The summed E-state index contributed by atoms with van der Waals surface area (Å²) in [5.41, 5.74) is 2.81. The van der Waals surface area contributed by atoms with E-state index >= 15 is 0 Å². The van der Waals surface area contributed by atoms with Gasteiger partial charge in [-0.15, -0.1) is 0 Å². The second kappa shape index (κ2) is 4.19. The van der Waals surface area contributed by atoms with E-state index in [0.717, 1.165) is 11.4 Å². The largest absolute Gasteiger partial charge is 0.336 e. The van der Waals surface area contributed by atoms with Gasteiger partial charge in [0.25, 0.3) is 5.91 Å². The Bertz CT molecular complexity index is 663. The van der Waals surface area contributed by atoms with Gasteiger partial charge in [0, 0.05) is 7.05 Å². The molecule has 0 saturated carbocycles. The quantitative estimate of drug-likeness (QED) is 0.784. The zero-order chi connectivity index (χ0) is 13.6. The van der Waals surface area contributed by atoms with E-state index in [0.29, 0.717) is 24.2 Å².